The van der Waals surface area contributed by atoms with Crippen molar-refractivity contribution in [2.45, 2.75) is 32.1 Å². The topological polar surface area (TPSA) is 17.1 Å². The molecular weight excluding hydrogens is 290 g/mol. The standard InChI is InChI=1S/C13H13BrF2O/c14-9-6-10(15)13(11(16)7-9)12(17)5-8-3-1-2-4-8/h6-8H,1-5H2. The maximum absolute atomic E-state index is 13.5. The Labute approximate surface area is 107 Å². The Morgan fingerprint density at radius 1 is 1.24 bits per heavy atom. The first-order valence-corrected chi connectivity index (χ1v) is 6.55. The number of Topliss-reactive ketones (excluding diaryl/α,β-unsaturated/α-hetero) is 1. The van der Waals surface area contributed by atoms with Crippen molar-refractivity contribution in [3.63, 3.8) is 0 Å². The minimum absolute atomic E-state index is 0.259. The predicted octanol–water partition coefficient (Wildman–Crippen LogP) is 4.49. The molecule has 0 atom stereocenters. The number of benzene rings is 1. The van der Waals surface area contributed by atoms with E-state index < -0.39 is 17.4 Å². The molecule has 0 aromatic heterocycles. The second kappa shape index (κ2) is 5.25. The Kier molecular flexibility index (Phi) is 3.92. The van der Waals surface area contributed by atoms with E-state index in [1.807, 2.05) is 0 Å². The van der Waals surface area contributed by atoms with Crippen molar-refractivity contribution in [2.75, 3.05) is 0 Å². The molecule has 1 nitrogen and oxygen atoms in total. The molecule has 0 radical (unpaired) electrons. The highest BCUT2D eigenvalue weighted by atomic mass is 79.9. The van der Waals surface area contributed by atoms with Gasteiger partial charge < -0.3 is 0 Å². The van der Waals surface area contributed by atoms with Gasteiger partial charge in [0.15, 0.2) is 5.78 Å². The molecule has 0 aliphatic heterocycles. The molecule has 0 heterocycles. The highest BCUT2D eigenvalue weighted by molar-refractivity contribution is 9.10. The quantitative estimate of drug-likeness (QED) is 0.752. The molecule has 0 saturated heterocycles. The Balaban J connectivity index is 2.18. The normalized spacial score (nSPS) is 16.4. The first-order chi connectivity index (χ1) is 8.08. The average Bonchev–Trinajstić information content (AvgIpc) is 2.68. The van der Waals surface area contributed by atoms with Crippen LogP contribution in [-0.2, 0) is 0 Å². The van der Waals surface area contributed by atoms with Crippen molar-refractivity contribution >= 4 is 21.7 Å². The third-order valence-electron chi connectivity index (χ3n) is 3.23. The molecule has 17 heavy (non-hydrogen) atoms. The monoisotopic (exact) mass is 302 g/mol. The summed E-state index contributed by atoms with van der Waals surface area (Å²) in [6.45, 7) is 0. The van der Waals surface area contributed by atoms with Crippen LogP contribution in [0.4, 0.5) is 8.78 Å². The zero-order valence-corrected chi connectivity index (χ0v) is 10.9. The molecule has 1 aromatic carbocycles. The smallest absolute Gasteiger partial charge is 0.169 e. The van der Waals surface area contributed by atoms with Crippen molar-refractivity contribution in [3.8, 4) is 0 Å². The van der Waals surface area contributed by atoms with Gasteiger partial charge in [-0.15, -0.1) is 0 Å². The largest absolute Gasteiger partial charge is 0.294 e. The second-order valence-corrected chi connectivity index (χ2v) is 5.44. The molecule has 1 aliphatic rings. The van der Waals surface area contributed by atoms with Crippen molar-refractivity contribution in [1.82, 2.24) is 0 Å². The number of ketones is 1. The summed E-state index contributed by atoms with van der Waals surface area (Å²) in [5.41, 5.74) is -0.389. The molecule has 1 aliphatic carbocycles. The highest BCUT2D eigenvalue weighted by Gasteiger charge is 2.23. The summed E-state index contributed by atoms with van der Waals surface area (Å²) in [5.74, 6) is -1.68. The molecule has 2 rings (SSSR count). The van der Waals surface area contributed by atoms with Crippen molar-refractivity contribution in [3.05, 3.63) is 33.8 Å². The lowest BCUT2D eigenvalue weighted by molar-refractivity contribution is 0.0954. The van der Waals surface area contributed by atoms with E-state index in [9.17, 15) is 13.6 Å². The van der Waals surface area contributed by atoms with E-state index in [1.54, 1.807) is 0 Å². The molecule has 0 spiro atoms. The predicted molar refractivity (Wildman–Crippen MR) is 65.0 cm³/mol. The van der Waals surface area contributed by atoms with Gasteiger partial charge in [0.25, 0.3) is 0 Å². The summed E-state index contributed by atoms with van der Waals surface area (Å²) in [4.78, 5) is 11.9. The number of halogens is 3. The fraction of sp³-hybridized carbons (Fsp3) is 0.462. The van der Waals surface area contributed by atoms with E-state index >= 15 is 0 Å². The molecule has 4 heteroatoms. The van der Waals surface area contributed by atoms with Gasteiger partial charge in [-0.2, -0.15) is 0 Å². The highest BCUT2D eigenvalue weighted by Crippen LogP contribution is 2.30. The molecule has 0 unspecified atom stereocenters. The van der Waals surface area contributed by atoms with E-state index in [2.05, 4.69) is 15.9 Å². The van der Waals surface area contributed by atoms with Gasteiger partial charge in [-0.05, 0) is 18.1 Å². The van der Waals surface area contributed by atoms with Crippen LogP contribution in [0.25, 0.3) is 0 Å². The van der Waals surface area contributed by atoms with Gasteiger partial charge in [0.2, 0.25) is 0 Å². The van der Waals surface area contributed by atoms with Gasteiger partial charge in [-0.1, -0.05) is 41.6 Å². The van der Waals surface area contributed by atoms with Crippen molar-refractivity contribution in [2.24, 2.45) is 5.92 Å². The van der Waals surface area contributed by atoms with Gasteiger partial charge in [0, 0.05) is 10.9 Å². The van der Waals surface area contributed by atoms with Crippen LogP contribution in [-0.4, -0.2) is 5.78 Å². The summed E-state index contributed by atoms with van der Waals surface area (Å²) in [6, 6.07) is 2.26. The zero-order chi connectivity index (χ0) is 12.4. The van der Waals surface area contributed by atoms with E-state index in [-0.39, 0.29) is 12.0 Å². The van der Waals surface area contributed by atoms with Gasteiger partial charge in [0.1, 0.15) is 11.6 Å². The Morgan fingerprint density at radius 2 is 1.76 bits per heavy atom. The molecular formula is C13H13BrF2O. The lowest BCUT2D eigenvalue weighted by Crippen LogP contribution is -2.10. The van der Waals surface area contributed by atoms with E-state index in [4.69, 9.17) is 0 Å². The lowest BCUT2D eigenvalue weighted by atomic mass is 9.96. The van der Waals surface area contributed by atoms with E-state index in [0.29, 0.717) is 10.4 Å². The molecule has 92 valence electrons. The number of rotatable bonds is 3. The van der Waals surface area contributed by atoms with Crippen LogP contribution in [0.2, 0.25) is 0 Å². The van der Waals surface area contributed by atoms with Crippen LogP contribution in [0.3, 0.4) is 0 Å². The maximum Gasteiger partial charge on any atom is 0.169 e. The molecule has 0 N–H and O–H groups in total. The SMILES string of the molecule is O=C(CC1CCCC1)c1c(F)cc(Br)cc1F. The van der Waals surface area contributed by atoms with Crippen LogP contribution in [0.1, 0.15) is 42.5 Å². The number of carbonyl (C=O) groups is 1. The molecule has 1 aromatic rings. The Morgan fingerprint density at radius 3 is 2.29 bits per heavy atom. The fourth-order valence-electron chi connectivity index (χ4n) is 2.39. The van der Waals surface area contributed by atoms with Crippen molar-refractivity contribution in [1.29, 1.82) is 0 Å². The molecule has 0 bridgehead atoms. The Bertz CT molecular complexity index is 416. The molecule has 0 amide bonds. The second-order valence-electron chi connectivity index (χ2n) is 4.52. The summed E-state index contributed by atoms with van der Waals surface area (Å²) in [7, 11) is 0. The van der Waals surface area contributed by atoms with Crippen molar-refractivity contribution < 1.29 is 13.6 Å². The fourth-order valence-corrected chi connectivity index (χ4v) is 2.79. The zero-order valence-electron chi connectivity index (χ0n) is 9.31. The van der Waals surface area contributed by atoms with Gasteiger partial charge in [-0.3, -0.25) is 4.79 Å². The van der Waals surface area contributed by atoms with Gasteiger partial charge >= 0.3 is 0 Å². The van der Waals surface area contributed by atoms with Crippen LogP contribution in [0, 0.1) is 17.6 Å². The number of hydrogen-bond donors (Lipinski definition) is 0. The maximum atomic E-state index is 13.5. The summed E-state index contributed by atoms with van der Waals surface area (Å²) in [6.07, 6.45) is 4.47. The minimum atomic E-state index is -0.778. The van der Waals surface area contributed by atoms with Crippen LogP contribution >= 0.6 is 15.9 Å². The van der Waals surface area contributed by atoms with E-state index in [0.717, 1.165) is 37.8 Å². The van der Waals surface area contributed by atoms with Gasteiger partial charge in [0.05, 0.1) is 5.56 Å². The number of carbonyl (C=O) groups excluding carboxylic acids is 1. The lowest BCUT2D eigenvalue weighted by Gasteiger charge is -2.09. The molecule has 1 saturated carbocycles. The third kappa shape index (κ3) is 2.92. The van der Waals surface area contributed by atoms with Crippen LogP contribution < -0.4 is 0 Å². The van der Waals surface area contributed by atoms with Crippen LogP contribution in [0.5, 0.6) is 0 Å². The minimum Gasteiger partial charge on any atom is -0.294 e. The summed E-state index contributed by atoms with van der Waals surface area (Å²) in [5, 5.41) is 0. The average molecular weight is 303 g/mol. The van der Waals surface area contributed by atoms with E-state index in [1.165, 1.54) is 0 Å². The van der Waals surface area contributed by atoms with Gasteiger partial charge in [-0.25, -0.2) is 8.78 Å². The molecule has 1 fully saturated rings. The summed E-state index contributed by atoms with van der Waals surface area (Å²) >= 11 is 2.99. The third-order valence-corrected chi connectivity index (χ3v) is 3.69. The first kappa shape index (κ1) is 12.7. The van der Waals surface area contributed by atoms with Crippen LogP contribution in [0.15, 0.2) is 16.6 Å². The Hall–Kier alpha value is -0.770. The number of hydrogen-bond acceptors (Lipinski definition) is 1. The first-order valence-electron chi connectivity index (χ1n) is 5.75. The summed E-state index contributed by atoms with van der Waals surface area (Å²) < 4.78 is 27.4.